The van der Waals surface area contributed by atoms with Gasteiger partial charge in [0, 0.05) is 18.5 Å². The summed E-state index contributed by atoms with van der Waals surface area (Å²) in [4.78, 5) is 25.1. The second-order valence-corrected chi connectivity index (χ2v) is 6.64. The Morgan fingerprint density at radius 3 is 2.35 bits per heavy atom. The Labute approximate surface area is 144 Å². The Morgan fingerprint density at radius 2 is 1.87 bits per heavy atom. The lowest BCUT2D eigenvalue weighted by atomic mass is 10.2. The van der Waals surface area contributed by atoms with Gasteiger partial charge in [0.2, 0.25) is 5.91 Å². The first kappa shape index (κ1) is 19.4. The second-order valence-electron chi connectivity index (χ2n) is 5.79. The van der Waals surface area contributed by atoms with Crippen molar-refractivity contribution in [1.82, 2.24) is 0 Å². The smallest absolute Gasteiger partial charge is 0.421 e. The standard InChI is InChI=1S/C16H22BrNO5/c1-11(19)18(15(20)23-16(2,3)4)14-7-6-12(10-13(14)17)22-9-8-21-5/h6-7,10H,8-9H2,1-5H3. The molecule has 2 amide bonds. The number of hydrogen-bond acceptors (Lipinski definition) is 5. The molecule has 0 saturated carbocycles. The molecule has 1 aromatic rings. The van der Waals surface area contributed by atoms with Gasteiger partial charge < -0.3 is 14.2 Å². The molecular weight excluding hydrogens is 366 g/mol. The van der Waals surface area contributed by atoms with E-state index in [1.807, 2.05) is 0 Å². The maximum Gasteiger partial charge on any atom is 0.421 e. The third-order valence-electron chi connectivity index (χ3n) is 2.61. The van der Waals surface area contributed by atoms with Gasteiger partial charge in [-0.1, -0.05) is 0 Å². The molecule has 0 saturated heterocycles. The van der Waals surface area contributed by atoms with E-state index >= 15 is 0 Å². The van der Waals surface area contributed by atoms with E-state index in [4.69, 9.17) is 14.2 Å². The third kappa shape index (κ3) is 6.19. The molecule has 0 fully saturated rings. The summed E-state index contributed by atoms with van der Waals surface area (Å²) in [6.07, 6.45) is -0.723. The van der Waals surface area contributed by atoms with Gasteiger partial charge in [0.15, 0.2) is 0 Å². The highest BCUT2D eigenvalue weighted by Gasteiger charge is 2.28. The molecule has 0 aliphatic carbocycles. The van der Waals surface area contributed by atoms with Crippen LogP contribution >= 0.6 is 15.9 Å². The number of hydrogen-bond donors (Lipinski definition) is 0. The fraction of sp³-hybridized carbons (Fsp3) is 0.500. The number of rotatable bonds is 5. The van der Waals surface area contributed by atoms with Gasteiger partial charge in [-0.2, -0.15) is 0 Å². The molecule has 0 aliphatic rings. The molecule has 6 nitrogen and oxygen atoms in total. The zero-order valence-corrected chi connectivity index (χ0v) is 15.6. The Morgan fingerprint density at radius 1 is 1.22 bits per heavy atom. The molecule has 1 aromatic carbocycles. The van der Waals surface area contributed by atoms with Gasteiger partial charge in [-0.15, -0.1) is 0 Å². The lowest BCUT2D eigenvalue weighted by Crippen LogP contribution is -2.40. The highest BCUT2D eigenvalue weighted by molar-refractivity contribution is 9.10. The Bertz CT molecular complexity index is 568. The minimum atomic E-state index is -0.723. The van der Waals surface area contributed by atoms with Crippen LogP contribution < -0.4 is 9.64 Å². The number of halogens is 1. The average molecular weight is 388 g/mol. The number of amides is 2. The Hall–Kier alpha value is -1.60. The zero-order valence-electron chi connectivity index (χ0n) is 14.0. The molecule has 0 aliphatic heterocycles. The molecule has 0 radical (unpaired) electrons. The van der Waals surface area contributed by atoms with Gasteiger partial charge in [0.25, 0.3) is 0 Å². The van der Waals surface area contributed by atoms with Crippen LogP contribution in [0.1, 0.15) is 27.7 Å². The van der Waals surface area contributed by atoms with E-state index < -0.39 is 17.6 Å². The summed E-state index contributed by atoms with van der Waals surface area (Å²) in [5.74, 6) is 0.165. The average Bonchev–Trinajstić information content (AvgIpc) is 2.39. The van der Waals surface area contributed by atoms with Crippen molar-refractivity contribution < 1.29 is 23.8 Å². The van der Waals surface area contributed by atoms with Crippen LogP contribution in [0.4, 0.5) is 10.5 Å². The summed E-state index contributed by atoms with van der Waals surface area (Å²) in [6, 6.07) is 4.99. The molecule has 0 atom stereocenters. The molecule has 23 heavy (non-hydrogen) atoms. The zero-order chi connectivity index (χ0) is 17.6. The molecular formula is C16H22BrNO5. The molecule has 0 unspecified atom stereocenters. The van der Waals surface area contributed by atoms with Gasteiger partial charge in [-0.25, -0.2) is 9.69 Å². The number of nitrogens with zero attached hydrogens (tertiary/aromatic N) is 1. The van der Waals surface area contributed by atoms with Gasteiger partial charge in [-0.3, -0.25) is 4.79 Å². The van der Waals surface area contributed by atoms with E-state index in [-0.39, 0.29) is 0 Å². The number of anilines is 1. The van der Waals surface area contributed by atoms with Crippen LogP contribution in [0, 0.1) is 0 Å². The van der Waals surface area contributed by atoms with E-state index in [9.17, 15) is 9.59 Å². The quantitative estimate of drug-likeness (QED) is 0.719. The van der Waals surface area contributed by atoms with Crippen molar-refractivity contribution in [2.75, 3.05) is 25.2 Å². The monoisotopic (exact) mass is 387 g/mol. The van der Waals surface area contributed by atoms with Crippen LogP contribution in [-0.2, 0) is 14.3 Å². The minimum Gasteiger partial charge on any atom is -0.491 e. The van der Waals surface area contributed by atoms with Gasteiger partial charge in [0.05, 0.1) is 12.3 Å². The van der Waals surface area contributed by atoms with E-state index in [2.05, 4.69) is 15.9 Å². The summed E-state index contributed by atoms with van der Waals surface area (Å²) in [7, 11) is 1.59. The van der Waals surface area contributed by atoms with Gasteiger partial charge >= 0.3 is 6.09 Å². The summed E-state index contributed by atoms with van der Waals surface area (Å²) < 4.78 is 16.2. The summed E-state index contributed by atoms with van der Waals surface area (Å²) in [6.45, 7) is 7.40. The topological polar surface area (TPSA) is 65.1 Å². The second kappa shape index (κ2) is 8.31. The lowest BCUT2D eigenvalue weighted by molar-refractivity contribution is -0.116. The first-order valence-corrected chi connectivity index (χ1v) is 7.90. The number of imide groups is 1. The van der Waals surface area contributed by atoms with Crippen LogP contribution in [-0.4, -0.2) is 37.9 Å². The number of ether oxygens (including phenoxy) is 3. The third-order valence-corrected chi connectivity index (χ3v) is 3.24. The molecule has 0 heterocycles. The van der Waals surface area contributed by atoms with E-state index in [1.54, 1.807) is 46.1 Å². The highest BCUT2D eigenvalue weighted by Crippen LogP contribution is 2.31. The number of benzene rings is 1. The van der Waals surface area contributed by atoms with Crippen LogP contribution in [0.2, 0.25) is 0 Å². The number of methoxy groups -OCH3 is 1. The fourth-order valence-corrected chi connectivity index (χ4v) is 2.24. The predicted octanol–water partition coefficient (Wildman–Crippen LogP) is 3.76. The van der Waals surface area contributed by atoms with Crippen LogP contribution in [0.5, 0.6) is 5.75 Å². The van der Waals surface area contributed by atoms with Crippen molar-refractivity contribution in [3.8, 4) is 5.75 Å². The molecule has 7 heteroatoms. The summed E-state index contributed by atoms with van der Waals surface area (Å²) in [5, 5.41) is 0. The van der Waals surface area contributed by atoms with Crippen molar-refractivity contribution in [3.63, 3.8) is 0 Å². The highest BCUT2D eigenvalue weighted by atomic mass is 79.9. The predicted molar refractivity (Wildman–Crippen MR) is 90.9 cm³/mol. The van der Waals surface area contributed by atoms with E-state index in [0.717, 1.165) is 4.90 Å². The maximum absolute atomic E-state index is 12.3. The van der Waals surface area contributed by atoms with Crippen LogP contribution in [0.25, 0.3) is 0 Å². The normalized spacial score (nSPS) is 11.0. The van der Waals surface area contributed by atoms with Crippen molar-refractivity contribution in [2.45, 2.75) is 33.3 Å². The summed E-state index contributed by atoms with van der Waals surface area (Å²) in [5.41, 5.74) is -0.300. The fourth-order valence-electron chi connectivity index (χ4n) is 1.71. The number of carbonyl (C=O) groups is 2. The first-order chi connectivity index (χ1) is 10.7. The molecule has 0 spiro atoms. The van der Waals surface area contributed by atoms with Crippen molar-refractivity contribution >= 4 is 33.6 Å². The molecule has 0 bridgehead atoms. The Kier molecular flexibility index (Phi) is 7.02. The lowest BCUT2D eigenvalue weighted by Gasteiger charge is -2.26. The van der Waals surface area contributed by atoms with Crippen LogP contribution in [0.15, 0.2) is 22.7 Å². The maximum atomic E-state index is 12.3. The molecule has 0 N–H and O–H groups in total. The Balaban J connectivity index is 3.00. The van der Waals surface area contributed by atoms with Crippen molar-refractivity contribution in [3.05, 3.63) is 22.7 Å². The molecule has 128 valence electrons. The van der Waals surface area contributed by atoms with Crippen LogP contribution in [0.3, 0.4) is 0 Å². The van der Waals surface area contributed by atoms with Gasteiger partial charge in [-0.05, 0) is 54.9 Å². The SMILES string of the molecule is COCCOc1ccc(N(C(C)=O)C(=O)OC(C)(C)C)c(Br)c1. The van der Waals surface area contributed by atoms with Gasteiger partial charge in [0.1, 0.15) is 18.0 Å². The molecule has 1 rings (SSSR count). The minimum absolute atomic E-state index is 0.394. The first-order valence-electron chi connectivity index (χ1n) is 7.10. The van der Waals surface area contributed by atoms with E-state index in [0.29, 0.717) is 29.1 Å². The van der Waals surface area contributed by atoms with Crippen molar-refractivity contribution in [1.29, 1.82) is 0 Å². The largest absolute Gasteiger partial charge is 0.491 e. The summed E-state index contributed by atoms with van der Waals surface area (Å²) >= 11 is 3.36. The molecule has 0 aromatic heterocycles. The van der Waals surface area contributed by atoms with Crippen molar-refractivity contribution in [2.24, 2.45) is 0 Å². The number of carbonyl (C=O) groups excluding carboxylic acids is 2. The van der Waals surface area contributed by atoms with E-state index in [1.165, 1.54) is 6.92 Å².